The van der Waals surface area contributed by atoms with E-state index < -0.39 is 5.97 Å². The maximum Gasteiger partial charge on any atom is 0.336 e. The second-order valence-corrected chi connectivity index (χ2v) is 5.06. The Labute approximate surface area is 116 Å². The van der Waals surface area contributed by atoms with Crippen LogP contribution in [0.2, 0.25) is 0 Å². The van der Waals surface area contributed by atoms with E-state index >= 15 is 0 Å². The zero-order chi connectivity index (χ0) is 14.3. The Morgan fingerprint density at radius 2 is 2.16 bits per heavy atom. The molecule has 19 heavy (non-hydrogen) atoms. The van der Waals surface area contributed by atoms with Crippen LogP contribution in [0.3, 0.4) is 0 Å². The van der Waals surface area contributed by atoms with Crippen LogP contribution < -0.4 is 4.74 Å². The molecular formula is C14H16O4S. The molecule has 0 fully saturated rings. The largest absolute Gasteiger partial charge is 0.497 e. The summed E-state index contributed by atoms with van der Waals surface area (Å²) < 4.78 is 5.00. The monoisotopic (exact) mass is 280 g/mol. The summed E-state index contributed by atoms with van der Waals surface area (Å²) >= 11 is 1.26. The number of rotatable bonds is 6. The predicted octanol–water partition coefficient (Wildman–Crippen LogP) is 3.08. The number of thioether (sulfide) groups is 1. The standard InChI is InChI=1S/C14H16O4S/c1-10(15)19-8-4-3-5-11-6-7-12(18-2)9-13(11)14(16)17/h3,5-7,9H,4,8H2,1-2H3,(H,16,17). The number of carbonyl (C=O) groups excluding carboxylic acids is 1. The van der Waals surface area contributed by atoms with Crippen LogP contribution in [0.25, 0.3) is 6.08 Å². The number of carboxylic acids is 1. The predicted molar refractivity (Wildman–Crippen MR) is 76.7 cm³/mol. The van der Waals surface area contributed by atoms with Gasteiger partial charge in [-0.15, -0.1) is 0 Å². The molecule has 0 aromatic heterocycles. The lowest BCUT2D eigenvalue weighted by molar-refractivity contribution is -0.109. The van der Waals surface area contributed by atoms with Crippen LogP contribution in [0.5, 0.6) is 5.75 Å². The van der Waals surface area contributed by atoms with Crippen LogP contribution in [0, 0.1) is 0 Å². The molecule has 0 aliphatic carbocycles. The molecule has 0 unspecified atom stereocenters. The Morgan fingerprint density at radius 1 is 1.42 bits per heavy atom. The average Bonchev–Trinajstić information content (AvgIpc) is 2.38. The number of methoxy groups -OCH3 is 1. The SMILES string of the molecule is COc1ccc(C=CCCSC(C)=O)c(C(=O)O)c1. The smallest absolute Gasteiger partial charge is 0.336 e. The summed E-state index contributed by atoms with van der Waals surface area (Å²) in [6.07, 6.45) is 4.34. The first-order valence-electron chi connectivity index (χ1n) is 5.76. The molecule has 0 spiro atoms. The lowest BCUT2D eigenvalue weighted by atomic mass is 10.1. The molecule has 0 amide bonds. The molecule has 5 heteroatoms. The summed E-state index contributed by atoms with van der Waals surface area (Å²) in [4.78, 5) is 21.9. The average molecular weight is 280 g/mol. The van der Waals surface area contributed by atoms with E-state index in [0.29, 0.717) is 17.1 Å². The summed E-state index contributed by atoms with van der Waals surface area (Å²) in [5, 5.41) is 9.21. The van der Waals surface area contributed by atoms with Crippen LogP contribution >= 0.6 is 11.8 Å². The number of allylic oxidation sites excluding steroid dienone is 1. The Morgan fingerprint density at radius 3 is 2.74 bits per heavy atom. The summed E-state index contributed by atoms with van der Waals surface area (Å²) in [6.45, 7) is 1.53. The number of ether oxygens (including phenoxy) is 1. The van der Waals surface area contributed by atoms with Crippen molar-refractivity contribution in [3.63, 3.8) is 0 Å². The molecule has 1 aromatic rings. The molecule has 0 radical (unpaired) electrons. The molecule has 0 saturated heterocycles. The molecule has 0 bridgehead atoms. The fourth-order valence-corrected chi connectivity index (χ4v) is 2.02. The van der Waals surface area contributed by atoms with Gasteiger partial charge in [0, 0.05) is 12.7 Å². The van der Waals surface area contributed by atoms with Gasteiger partial charge >= 0.3 is 5.97 Å². The lowest BCUT2D eigenvalue weighted by Crippen LogP contribution is -2.00. The molecule has 1 aromatic carbocycles. The maximum atomic E-state index is 11.1. The second kappa shape index (κ2) is 7.63. The van der Waals surface area contributed by atoms with Crippen molar-refractivity contribution in [1.29, 1.82) is 0 Å². The third-order valence-electron chi connectivity index (χ3n) is 2.38. The Hall–Kier alpha value is -1.75. The Bertz CT molecular complexity index is 494. The van der Waals surface area contributed by atoms with Gasteiger partial charge in [-0.2, -0.15) is 0 Å². The van der Waals surface area contributed by atoms with Gasteiger partial charge in [0.15, 0.2) is 5.12 Å². The topological polar surface area (TPSA) is 63.6 Å². The first-order chi connectivity index (χ1) is 9.04. The van der Waals surface area contributed by atoms with E-state index in [1.807, 2.05) is 6.08 Å². The Balaban J connectivity index is 2.74. The van der Waals surface area contributed by atoms with Gasteiger partial charge in [0.1, 0.15) is 5.75 Å². The molecule has 0 saturated carbocycles. The van der Waals surface area contributed by atoms with Crippen LogP contribution in [0.4, 0.5) is 0 Å². The van der Waals surface area contributed by atoms with Gasteiger partial charge < -0.3 is 9.84 Å². The molecule has 1 rings (SSSR count). The number of carboxylic acid groups (broad SMARTS) is 1. The molecular weight excluding hydrogens is 264 g/mol. The van der Waals surface area contributed by atoms with Crippen molar-refractivity contribution in [2.75, 3.05) is 12.9 Å². The minimum Gasteiger partial charge on any atom is -0.497 e. The van der Waals surface area contributed by atoms with E-state index in [-0.39, 0.29) is 10.7 Å². The highest BCUT2D eigenvalue weighted by Gasteiger charge is 2.09. The van der Waals surface area contributed by atoms with Gasteiger partial charge in [-0.1, -0.05) is 30.0 Å². The zero-order valence-electron chi connectivity index (χ0n) is 10.9. The van der Waals surface area contributed by atoms with Crippen molar-refractivity contribution in [2.24, 2.45) is 0 Å². The molecule has 102 valence electrons. The second-order valence-electron chi connectivity index (χ2n) is 3.79. The Kier molecular flexibility index (Phi) is 6.15. The van der Waals surface area contributed by atoms with E-state index in [0.717, 1.165) is 6.42 Å². The van der Waals surface area contributed by atoms with E-state index in [4.69, 9.17) is 9.84 Å². The normalized spacial score (nSPS) is 10.6. The van der Waals surface area contributed by atoms with E-state index in [1.165, 1.54) is 31.9 Å². The van der Waals surface area contributed by atoms with Crippen LogP contribution in [0.1, 0.15) is 29.3 Å². The van der Waals surface area contributed by atoms with Crippen molar-refractivity contribution in [2.45, 2.75) is 13.3 Å². The minimum absolute atomic E-state index is 0.0871. The van der Waals surface area contributed by atoms with Gasteiger partial charge in [0.2, 0.25) is 0 Å². The summed E-state index contributed by atoms with van der Waals surface area (Å²) in [5.74, 6) is 0.225. The first kappa shape index (κ1) is 15.3. The van der Waals surface area contributed by atoms with Crippen LogP contribution in [0.15, 0.2) is 24.3 Å². The fourth-order valence-electron chi connectivity index (χ4n) is 1.47. The summed E-state index contributed by atoms with van der Waals surface area (Å²) in [7, 11) is 1.50. The van der Waals surface area contributed by atoms with E-state index in [9.17, 15) is 9.59 Å². The first-order valence-corrected chi connectivity index (χ1v) is 6.74. The lowest BCUT2D eigenvalue weighted by Gasteiger charge is -2.04. The number of hydrogen-bond acceptors (Lipinski definition) is 4. The van der Waals surface area contributed by atoms with Crippen molar-refractivity contribution in [3.8, 4) is 5.75 Å². The molecule has 1 N–H and O–H groups in total. The van der Waals surface area contributed by atoms with Gasteiger partial charge in [0.25, 0.3) is 0 Å². The third kappa shape index (κ3) is 5.18. The molecule has 4 nitrogen and oxygen atoms in total. The minimum atomic E-state index is -0.989. The van der Waals surface area contributed by atoms with Gasteiger partial charge in [-0.05, 0) is 24.1 Å². The van der Waals surface area contributed by atoms with E-state index in [1.54, 1.807) is 18.2 Å². The number of aromatic carboxylic acids is 1. The van der Waals surface area contributed by atoms with Crippen molar-refractivity contribution in [3.05, 3.63) is 35.4 Å². The number of hydrogen-bond donors (Lipinski definition) is 1. The molecule has 0 atom stereocenters. The summed E-state index contributed by atoms with van der Waals surface area (Å²) in [5.41, 5.74) is 0.830. The summed E-state index contributed by atoms with van der Waals surface area (Å²) in [6, 6.07) is 4.92. The van der Waals surface area contributed by atoms with E-state index in [2.05, 4.69) is 0 Å². The number of carbonyl (C=O) groups is 2. The maximum absolute atomic E-state index is 11.1. The quantitative estimate of drug-likeness (QED) is 0.811. The van der Waals surface area contributed by atoms with Gasteiger partial charge in [-0.3, -0.25) is 4.79 Å². The third-order valence-corrected chi connectivity index (χ3v) is 3.22. The van der Waals surface area contributed by atoms with Crippen molar-refractivity contribution in [1.82, 2.24) is 0 Å². The van der Waals surface area contributed by atoms with Gasteiger partial charge in [0.05, 0.1) is 12.7 Å². The highest BCUT2D eigenvalue weighted by atomic mass is 32.2. The van der Waals surface area contributed by atoms with Gasteiger partial charge in [-0.25, -0.2) is 4.79 Å². The molecule has 0 aliphatic heterocycles. The highest BCUT2D eigenvalue weighted by molar-refractivity contribution is 8.13. The zero-order valence-corrected chi connectivity index (χ0v) is 11.7. The number of benzene rings is 1. The molecule has 0 heterocycles. The van der Waals surface area contributed by atoms with Crippen LogP contribution in [-0.4, -0.2) is 29.1 Å². The highest BCUT2D eigenvalue weighted by Crippen LogP contribution is 2.19. The molecule has 0 aliphatic rings. The fraction of sp³-hybridized carbons (Fsp3) is 0.286. The van der Waals surface area contributed by atoms with Crippen LogP contribution in [-0.2, 0) is 4.79 Å². The van der Waals surface area contributed by atoms with Crippen molar-refractivity contribution >= 4 is 28.9 Å². The van der Waals surface area contributed by atoms with Crippen molar-refractivity contribution < 1.29 is 19.4 Å².